The van der Waals surface area contributed by atoms with Gasteiger partial charge in [-0.05, 0) is 75.2 Å². The number of benzene rings is 2. The van der Waals surface area contributed by atoms with E-state index in [1.165, 1.54) is 24.3 Å². The van der Waals surface area contributed by atoms with Gasteiger partial charge in [0.05, 0.1) is 19.9 Å². The van der Waals surface area contributed by atoms with Crippen LogP contribution in [0.25, 0.3) is 6.08 Å². The Hall–Kier alpha value is -1.67. The molecule has 2 amide bonds. The molecule has 2 aromatic carbocycles. The van der Waals surface area contributed by atoms with Gasteiger partial charge in [0, 0.05) is 20.8 Å². The number of carbonyl (C=O) groups is 2. The summed E-state index contributed by atoms with van der Waals surface area (Å²) in [4.78, 5) is 36.6. The number of halogens is 2. The zero-order valence-electron chi connectivity index (χ0n) is 13.4. The van der Waals surface area contributed by atoms with E-state index in [9.17, 15) is 24.8 Å². The Morgan fingerprint density at radius 3 is 2.63 bits per heavy atom. The highest BCUT2D eigenvalue weighted by atomic mass is 127. The first-order chi connectivity index (χ1) is 12.8. The SMILES string of the molecule is O=C1S/C(=C\c2cc(I)cc(I)c2O)C(=O)N1Cc1ccccc1[N+](=O)[O-]. The zero-order chi connectivity index (χ0) is 19.7. The third-order valence-electron chi connectivity index (χ3n) is 3.73. The van der Waals surface area contributed by atoms with Gasteiger partial charge in [0.25, 0.3) is 16.8 Å². The van der Waals surface area contributed by atoms with Gasteiger partial charge in [-0.1, -0.05) is 18.2 Å². The van der Waals surface area contributed by atoms with Gasteiger partial charge in [0.1, 0.15) is 5.75 Å². The van der Waals surface area contributed by atoms with Crippen molar-refractivity contribution in [1.82, 2.24) is 4.90 Å². The first-order valence-electron chi connectivity index (χ1n) is 7.43. The Kier molecular flexibility index (Phi) is 6.05. The number of nitrogens with zero attached hydrogens (tertiary/aromatic N) is 2. The molecular formula is C17H10I2N2O5S. The monoisotopic (exact) mass is 608 g/mol. The molecule has 0 bridgehead atoms. The minimum atomic E-state index is -0.546. The molecule has 2 aromatic rings. The molecule has 1 fully saturated rings. The first kappa shape index (κ1) is 20.1. The topological polar surface area (TPSA) is 101 Å². The van der Waals surface area contributed by atoms with Crippen LogP contribution in [-0.4, -0.2) is 26.1 Å². The molecular weight excluding hydrogens is 598 g/mol. The molecule has 1 N–H and O–H groups in total. The molecule has 1 aliphatic rings. The number of nitro groups is 1. The van der Waals surface area contributed by atoms with Crippen molar-refractivity contribution in [3.63, 3.8) is 0 Å². The maximum Gasteiger partial charge on any atom is 0.293 e. The van der Waals surface area contributed by atoms with Crippen molar-refractivity contribution in [2.24, 2.45) is 0 Å². The molecule has 27 heavy (non-hydrogen) atoms. The summed E-state index contributed by atoms with van der Waals surface area (Å²) >= 11 is 4.82. The Morgan fingerprint density at radius 2 is 1.93 bits per heavy atom. The quantitative estimate of drug-likeness (QED) is 0.233. The normalized spacial score (nSPS) is 15.6. The second-order valence-corrected chi connectivity index (χ2v) is 8.88. The molecule has 1 heterocycles. The number of aromatic hydroxyl groups is 1. The number of rotatable bonds is 4. The first-order valence-corrected chi connectivity index (χ1v) is 10.4. The average molecular weight is 608 g/mol. The van der Waals surface area contributed by atoms with Gasteiger partial charge in [0.2, 0.25) is 0 Å². The van der Waals surface area contributed by atoms with E-state index >= 15 is 0 Å². The number of thioether (sulfide) groups is 1. The van der Waals surface area contributed by atoms with E-state index in [-0.39, 0.29) is 28.5 Å². The number of hydrogen-bond acceptors (Lipinski definition) is 6. The van der Waals surface area contributed by atoms with Crippen molar-refractivity contribution in [3.8, 4) is 5.75 Å². The molecule has 0 saturated carbocycles. The van der Waals surface area contributed by atoms with Crippen LogP contribution in [0.15, 0.2) is 41.3 Å². The van der Waals surface area contributed by atoms with Crippen molar-refractivity contribution in [2.45, 2.75) is 6.54 Å². The van der Waals surface area contributed by atoms with Crippen LogP contribution in [0.4, 0.5) is 10.5 Å². The van der Waals surface area contributed by atoms with Crippen LogP contribution in [-0.2, 0) is 11.3 Å². The third kappa shape index (κ3) is 4.27. The predicted octanol–water partition coefficient (Wildman–Crippen LogP) is 4.75. The fourth-order valence-corrected chi connectivity index (χ4v) is 5.19. The van der Waals surface area contributed by atoms with Crippen molar-refractivity contribution in [2.75, 3.05) is 0 Å². The van der Waals surface area contributed by atoms with E-state index in [1.54, 1.807) is 18.2 Å². The van der Waals surface area contributed by atoms with Gasteiger partial charge in [-0.25, -0.2) is 0 Å². The van der Waals surface area contributed by atoms with Crippen LogP contribution < -0.4 is 0 Å². The lowest BCUT2D eigenvalue weighted by atomic mass is 10.1. The minimum absolute atomic E-state index is 0.0292. The number of nitro benzene ring substituents is 1. The fourth-order valence-electron chi connectivity index (χ4n) is 2.47. The van der Waals surface area contributed by atoms with Gasteiger partial charge in [-0.2, -0.15) is 0 Å². The average Bonchev–Trinajstić information content (AvgIpc) is 2.87. The van der Waals surface area contributed by atoms with E-state index in [2.05, 4.69) is 22.6 Å². The molecule has 0 atom stereocenters. The summed E-state index contributed by atoms with van der Waals surface area (Å²) in [6.07, 6.45) is 1.46. The van der Waals surface area contributed by atoms with Gasteiger partial charge in [-0.15, -0.1) is 0 Å². The number of phenolic OH excluding ortho intramolecular Hbond substituents is 1. The maximum absolute atomic E-state index is 12.6. The van der Waals surface area contributed by atoms with Crippen LogP contribution >= 0.6 is 56.9 Å². The number of phenols is 1. The molecule has 3 rings (SSSR count). The lowest BCUT2D eigenvalue weighted by Gasteiger charge is -2.12. The summed E-state index contributed by atoms with van der Waals surface area (Å²) in [7, 11) is 0. The standard InChI is InChI=1S/C17H10I2N2O5S/c18-11-5-10(15(22)12(19)7-11)6-14-16(23)20(17(24)27-14)8-9-3-1-2-4-13(9)21(25)26/h1-7,22H,8H2/b14-6-. The summed E-state index contributed by atoms with van der Waals surface area (Å²) in [6.45, 7) is -0.186. The van der Waals surface area contributed by atoms with Crippen LogP contribution in [0, 0.1) is 17.3 Å². The van der Waals surface area contributed by atoms with E-state index in [4.69, 9.17) is 0 Å². The number of para-hydroxylation sites is 1. The summed E-state index contributed by atoms with van der Waals surface area (Å²) in [5.74, 6) is -0.516. The van der Waals surface area contributed by atoms with Crippen LogP contribution in [0.1, 0.15) is 11.1 Å². The molecule has 0 aromatic heterocycles. The molecule has 1 saturated heterocycles. The molecule has 0 unspecified atom stereocenters. The number of amides is 2. The molecule has 0 spiro atoms. The van der Waals surface area contributed by atoms with Crippen LogP contribution in [0.5, 0.6) is 5.75 Å². The summed E-state index contributed by atoms with van der Waals surface area (Å²) in [5, 5.41) is 20.8. The number of carbonyl (C=O) groups excluding carboxylic acids is 2. The molecule has 1 aliphatic heterocycles. The van der Waals surface area contributed by atoms with Crippen molar-refractivity contribution >= 4 is 79.9 Å². The Morgan fingerprint density at radius 1 is 1.22 bits per heavy atom. The lowest BCUT2D eigenvalue weighted by molar-refractivity contribution is -0.385. The highest BCUT2D eigenvalue weighted by Crippen LogP contribution is 2.37. The van der Waals surface area contributed by atoms with Crippen molar-refractivity contribution < 1.29 is 19.6 Å². The fraction of sp³-hybridized carbons (Fsp3) is 0.0588. The van der Waals surface area contributed by atoms with E-state index in [0.717, 1.165) is 20.2 Å². The van der Waals surface area contributed by atoms with Gasteiger partial charge >= 0.3 is 0 Å². The Balaban J connectivity index is 1.92. The maximum atomic E-state index is 12.6. The molecule has 10 heteroatoms. The number of hydrogen-bond donors (Lipinski definition) is 1. The third-order valence-corrected chi connectivity index (χ3v) is 6.09. The number of imide groups is 1. The van der Waals surface area contributed by atoms with E-state index < -0.39 is 16.1 Å². The molecule has 138 valence electrons. The van der Waals surface area contributed by atoms with Gasteiger partial charge in [0.15, 0.2) is 0 Å². The summed E-state index contributed by atoms with van der Waals surface area (Å²) in [6, 6.07) is 9.47. The van der Waals surface area contributed by atoms with E-state index in [0.29, 0.717) is 9.13 Å². The molecule has 0 radical (unpaired) electrons. The largest absolute Gasteiger partial charge is 0.506 e. The molecule has 7 nitrogen and oxygen atoms in total. The Labute approximate surface area is 185 Å². The highest BCUT2D eigenvalue weighted by Gasteiger charge is 2.36. The molecule has 0 aliphatic carbocycles. The second kappa shape index (κ2) is 8.14. The van der Waals surface area contributed by atoms with Crippen molar-refractivity contribution in [3.05, 3.63) is 69.7 Å². The van der Waals surface area contributed by atoms with E-state index in [1.807, 2.05) is 22.6 Å². The van der Waals surface area contributed by atoms with Gasteiger partial charge in [-0.3, -0.25) is 24.6 Å². The Bertz CT molecular complexity index is 1010. The minimum Gasteiger partial charge on any atom is -0.506 e. The van der Waals surface area contributed by atoms with Crippen LogP contribution in [0.3, 0.4) is 0 Å². The van der Waals surface area contributed by atoms with Crippen molar-refractivity contribution in [1.29, 1.82) is 0 Å². The van der Waals surface area contributed by atoms with Gasteiger partial charge < -0.3 is 5.11 Å². The summed E-state index contributed by atoms with van der Waals surface area (Å²) < 4.78 is 1.50. The summed E-state index contributed by atoms with van der Waals surface area (Å²) in [5.41, 5.74) is 0.561. The second-order valence-electron chi connectivity index (χ2n) is 5.48. The smallest absolute Gasteiger partial charge is 0.293 e. The highest BCUT2D eigenvalue weighted by molar-refractivity contribution is 14.1. The van der Waals surface area contributed by atoms with Crippen LogP contribution in [0.2, 0.25) is 0 Å². The predicted molar refractivity (Wildman–Crippen MR) is 118 cm³/mol. The zero-order valence-corrected chi connectivity index (χ0v) is 18.5. The lowest BCUT2D eigenvalue weighted by Crippen LogP contribution is -2.27.